The highest BCUT2D eigenvalue weighted by Gasteiger charge is 2.24. The van der Waals surface area contributed by atoms with E-state index >= 15 is 0 Å². The average molecular weight is 404 g/mol. The summed E-state index contributed by atoms with van der Waals surface area (Å²) in [7, 11) is 0. The van der Waals surface area contributed by atoms with Gasteiger partial charge in [0.25, 0.3) is 11.6 Å². The van der Waals surface area contributed by atoms with Crippen molar-refractivity contribution in [1.29, 1.82) is 0 Å². The van der Waals surface area contributed by atoms with Gasteiger partial charge in [-0.15, -0.1) is 23.1 Å². The van der Waals surface area contributed by atoms with E-state index < -0.39 is 10.8 Å². The Balaban J connectivity index is 1.66. The van der Waals surface area contributed by atoms with Gasteiger partial charge >= 0.3 is 0 Å². The zero-order valence-corrected chi connectivity index (χ0v) is 15.5. The highest BCUT2D eigenvalue weighted by atomic mass is 35.5. The molecule has 0 fully saturated rings. The van der Waals surface area contributed by atoms with Gasteiger partial charge in [-0.25, -0.2) is 4.98 Å². The van der Waals surface area contributed by atoms with Crippen LogP contribution in [0.4, 0.5) is 10.8 Å². The van der Waals surface area contributed by atoms with Crippen molar-refractivity contribution in [3.63, 3.8) is 0 Å². The Bertz CT molecular complexity index is 1050. The van der Waals surface area contributed by atoms with E-state index in [0.29, 0.717) is 5.13 Å². The van der Waals surface area contributed by atoms with E-state index in [4.69, 9.17) is 11.6 Å². The normalized spacial score (nSPS) is 12.2. The number of thioether (sulfide) groups is 1. The number of thiazole rings is 1. The SMILES string of the molecule is O=C(Nc1nc2c(s1)CSc1ccccc1-2)c1cc(Cl)ccc1[N+](=O)[O-]. The predicted molar refractivity (Wildman–Crippen MR) is 103 cm³/mol. The van der Waals surface area contributed by atoms with E-state index in [1.165, 1.54) is 29.5 Å². The molecule has 0 unspecified atom stereocenters. The van der Waals surface area contributed by atoms with E-state index in [0.717, 1.165) is 26.8 Å². The monoisotopic (exact) mass is 403 g/mol. The van der Waals surface area contributed by atoms with Crippen molar-refractivity contribution in [2.45, 2.75) is 10.6 Å². The number of halogens is 1. The van der Waals surface area contributed by atoms with Crippen LogP contribution < -0.4 is 5.32 Å². The summed E-state index contributed by atoms with van der Waals surface area (Å²) in [5, 5.41) is 14.5. The van der Waals surface area contributed by atoms with Crippen LogP contribution in [0.5, 0.6) is 0 Å². The van der Waals surface area contributed by atoms with Gasteiger partial charge in [0.05, 0.1) is 10.6 Å². The topological polar surface area (TPSA) is 85.1 Å². The summed E-state index contributed by atoms with van der Waals surface area (Å²) in [5.41, 5.74) is 1.49. The molecule has 2 heterocycles. The molecule has 0 saturated carbocycles. The third-order valence-electron chi connectivity index (χ3n) is 3.82. The average Bonchev–Trinajstić information content (AvgIpc) is 3.04. The molecule has 0 atom stereocenters. The van der Waals surface area contributed by atoms with Crippen molar-refractivity contribution in [3.8, 4) is 11.3 Å². The molecule has 2 aromatic carbocycles. The number of aromatic nitrogens is 1. The number of benzene rings is 2. The molecule has 26 heavy (non-hydrogen) atoms. The molecule has 1 aliphatic rings. The van der Waals surface area contributed by atoms with E-state index in [-0.39, 0.29) is 16.3 Å². The lowest BCUT2D eigenvalue weighted by molar-refractivity contribution is -0.385. The van der Waals surface area contributed by atoms with Crippen molar-refractivity contribution >= 4 is 51.4 Å². The molecule has 4 rings (SSSR count). The number of nitrogens with zero attached hydrogens (tertiary/aromatic N) is 2. The molecule has 0 saturated heterocycles. The van der Waals surface area contributed by atoms with Crippen molar-refractivity contribution in [1.82, 2.24) is 4.98 Å². The molecule has 1 amide bonds. The Morgan fingerprint density at radius 3 is 2.88 bits per heavy atom. The summed E-state index contributed by atoms with van der Waals surface area (Å²) in [5.74, 6) is 0.170. The molecule has 3 aromatic rings. The molecular formula is C17H10ClN3O3S2. The van der Waals surface area contributed by atoms with Gasteiger partial charge in [-0.2, -0.15) is 0 Å². The van der Waals surface area contributed by atoms with Gasteiger partial charge in [0.2, 0.25) is 0 Å². The van der Waals surface area contributed by atoms with Gasteiger partial charge in [0, 0.05) is 32.2 Å². The number of nitro benzene ring substituents is 1. The maximum absolute atomic E-state index is 12.5. The number of rotatable bonds is 3. The molecule has 6 nitrogen and oxygen atoms in total. The van der Waals surface area contributed by atoms with E-state index in [1.54, 1.807) is 11.8 Å². The maximum Gasteiger partial charge on any atom is 0.282 e. The molecule has 0 radical (unpaired) electrons. The highest BCUT2D eigenvalue weighted by molar-refractivity contribution is 7.98. The lowest BCUT2D eigenvalue weighted by Crippen LogP contribution is -2.13. The van der Waals surface area contributed by atoms with Crippen molar-refractivity contribution in [2.75, 3.05) is 5.32 Å². The van der Waals surface area contributed by atoms with Crippen LogP contribution in [0.1, 0.15) is 15.2 Å². The first kappa shape index (κ1) is 17.0. The summed E-state index contributed by atoms with van der Waals surface area (Å²) in [6.45, 7) is 0. The number of hydrogen-bond donors (Lipinski definition) is 1. The van der Waals surface area contributed by atoms with Crippen LogP contribution in [-0.4, -0.2) is 15.8 Å². The number of fused-ring (bicyclic) bond motifs is 3. The molecule has 0 spiro atoms. The molecule has 9 heteroatoms. The van der Waals surface area contributed by atoms with Gasteiger partial charge in [-0.05, 0) is 18.2 Å². The van der Waals surface area contributed by atoms with Crippen LogP contribution in [0.15, 0.2) is 47.4 Å². The zero-order valence-electron chi connectivity index (χ0n) is 13.1. The first-order valence-electron chi connectivity index (χ1n) is 7.50. The third-order valence-corrected chi connectivity index (χ3v) is 6.31. The van der Waals surface area contributed by atoms with Gasteiger partial charge in [-0.3, -0.25) is 20.2 Å². The van der Waals surface area contributed by atoms with Gasteiger partial charge in [-0.1, -0.05) is 29.8 Å². The Morgan fingerprint density at radius 1 is 1.27 bits per heavy atom. The molecule has 1 aliphatic heterocycles. The second-order valence-electron chi connectivity index (χ2n) is 5.45. The lowest BCUT2D eigenvalue weighted by atomic mass is 10.1. The number of carbonyl (C=O) groups is 1. The standard InChI is InChI=1S/C17H10ClN3O3S2/c18-9-5-6-12(21(23)24)11(7-9)16(22)20-17-19-15-10-3-1-2-4-13(10)25-8-14(15)26-17/h1-7H,8H2,(H,19,20,22). The Morgan fingerprint density at radius 2 is 2.08 bits per heavy atom. The number of nitrogens with one attached hydrogen (secondary N) is 1. The van der Waals surface area contributed by atoms with Crippen LogP contribution in [0.25, 0.3) is 11.3 Å². The summed E-state index contributed by atoms with van der Waals surface area (Å²) in [6.07, 6.45) is 0. The molecule has 0 aliphatic carbocycles. The summed E-state index contributed by atoms with van der Waals surface area (Å²) < 4.78 is 0. The fraction of sp³-hybridized carbons (Fsp3) is 0.0588. The molecule has 130 valence electrons. The smallest absolute Gasteiger partial charge is 0.282 e. The molecule has 0 bridgehead atoms. The molecular weight excluding hydrogens is 394 g/mol. The Kier molecular flexibility index (Phi) is 4.39. The minimum atomic E-state index is -0.606. The molecule has 1 aromatic heterocycles. The van der Waals surface area contributed by atoms with Crippen LogP contribution in [0, 0.1) is 10.1 Å². The zero-order chi connectivity index (χ0) is 18.3. The minimum absolute atomic E-state index is 0.0922. The van der Waals surface area contributed by atoms with Crippen LogP contribution in [0.2, 0.25) is 5.02 Å². The number of hydrogen-bond acceptors (Lipinski definition) is 6. The third kappa shape index (κ3) is 3.07. The van der Waals surface area contributed by atoms with Crippen LogP contribution in [-0.2, 0) is 5.75 Å². The fourth-order valence-corrected chi connectivity index (χ4v) is 4.93. The predicted octanol–water partition coefficient (Wildman–Crippen LogP) is 5.23. The van der Waals surface area contributed by atoms with Gasteiger partial charge < -0.3 is 0 Å². The number of carbonyl (C=O) groups excluding carboxylic acids is 1. The second kappa shape index (κ2) is 6.71. The van der Waals surface area contributed by atoms with E-state index in [2.05, 4.69) is 10.3 Å². The number of anilines is 1. The van der Waals surface area contributed by atoms with Gasteiger partial charge in [0.1, 0.15) is 5.56 Å². The first-order chi connectivity index (χ1) is 12.5. The van der Waals surface area contributed by atoms with Crippen molar-refractivity contribution < 1.29 is 9.72 Å². The van der Waals surface area contributed by atoms with Crippen molar-refractivity contribution in [2.24, 2.45) is 0 Å². The lowest BCUT2D eigenvalue weighted by Gasteiger charge is -2.13. The fourth-order valence-electron chi connectivity index (χ4n) is 2.66. The maximum atomic E-state index is 12.5. The highest BCUT2D eigenvalue weighted by Crippen LogP contribution is 2.44. The summed E-state index contributed by atoms with van der Waals surface area (Å²) in [4.78, 5) is 29.8. The first-order valence-corrected chi connectivity index (χ1v) is 9.68. The minimum Gasteiger partial charge on any atom is -0.298 e. The van der Waals surface area contributed by atoms with Gasteiger partial charge in [0.15, 0.2) is 5.13 Å². The Hall–Kier alpha value is -2.42. The Labute approximate surface area is 161 Å². The summed E-state index contributed by atoms with van der Waals surface area (Å²) in [6, 6.07) is 11.8. The van der Waals surface area contributed by atoms with Crippen molar-refractivity contribution in [3.05, 3.63) is 68.0 Å². The summed E-state index contributed by atoms with van der Waals surface area (Å²) >= 11 is 8.98. The van der Waals surface area contributed by atoms with E-state index in [9.17, 15) is 14.9 Å². The number of amides is 1. The largest absolute Gasteiger partial charge is 0.298 e. The molecule has 1 N–H and O–H groups in total. The van der Waals surface area contributed by atoms with Crippen LogP contribution >= 0.6 is 34.7 Å². The quantitative estimate of drug-likeness (QED) is 0.478. The van der Waals surface area contributed by atoms with E-state index in [1.807, 2.05) is 24.3 Å². The second-order valence-corrected chi connectivity index (χ2v) is 7.99. The van der Waals surface area contributed by atoms with Crippen LogP contribution in [0.3, 0.4) is 0 Å². The number of nitro groups is 1.